The van der Waals surface area contributed by atoms with E-state index in [2.05, 4.69) is 15.5 Å². The highest BCUT2D eigenvalue weighted by Gasteiger charge is 2.19. The molecule has 7 heteroatoms. The predicted octanol–water partition coefficient (Wildman–Crippen LogP) is 1.20. The second-order valence-electron chi connectivity index (χ2n) is 3.61. The van der Waals surface area contributed by atoms with Gasteiger partial charge in [0.05, 0.1) is 11.9 Å². The summed E-state index contributed by atoms with van der Waals surface area (Å²) in [5.41, 5.74) is 5.01. The Kier molecular flexibility index (Phi) is 3.22. The van der Waals surface area contributed by atoms with Gasteiger partial charge in [0, 0.05) is 18.3 Å². The lowest BCUT2D eigenvalue weighted by Crippen LogP contribution is -2.25. The third-order valence-electron chi connectivity index (χ3n) is 2.36. The number of carbonyl (C=O) groups excluding carboxylic acids is 1. The number of halogens is 2. The number of hydrogen-bond acceptors (Lipinski definition) is 3. The Morgan fingerprint density at radius 2 is 2.22 bits per heavy atom. The molecule has 0 saturated carbocycles. The molecule has 0 bridgehead atoms. The zero-order valence-corrected chi connectivity index (χ0v) is 9.21. The molecule has 0 spiro atoms. The fourth-order valence-corrected chi connectivity index (χ4v) is 1.42. The topological polar surface area (TPSA) is 83.8 Å². The van der Waals surface area contributed by atoms with E-state index in [0.29, 0.717) is 5.56 Å². The van der Waals surface area contributed by atoms with Crippen molar-refractivity contribution in [2.24, 2.45) is 0 Å². The van der Waals surface area contributed by atoms with Crippen LogP contribution in [0.3, 0.4) is 0 Å². The first-order valence-electron chi connectivity index (χ1n) is 5.09. The van der Waals surface area contributed by atoms with Gasteiger partial charge in [-0.1, -0.05) is 0 Å². The van der Waals surface area contributed by atoms with E-state index in [1.54, 1.807) is 6.20 Å². The minimum atomic E-state index is -1.06. The number of nitrogens with one attached hydrogen (secondary N) is 2. The van der Waals surface area contributed by atoms with Crippen molar-refractivity contribution >= 4 is 11.6 Å². The Labute approximate surface area is 101 Å². The number of nitrogens with two attached hydrogens (primary N) is 1. The Bertz CT molecular complexity index is 569. The van der Waals surface area contributed by atoms with Crippen LogP contribution in [-0.2, 0) is 6.54 Å². The number of aromatic amines is 1. The van der Waals surface area contributed by atoms with E-state index < -0.39 is 23.1 Å². The summed E-state index contributed by atoms with van der Waals surface area (Å²) in [4.78, 5) is 11.7. The summed E-state index contributed by atoms with van der Waals surface area (Å²) in [6.07, 6.45) is 3.05. The number of rotatable bonds is 3. The summed E-state index contributed by atoms with van der Waals surface area (Å²) < 4.78 is 26.9. The number of benzene rings is 1. The smallest absolute Gasteiger partial charge is 0.257 e. The van der Waals surface area contributed by atoms with E-state index in [1.807, 2.05) is 0 Å². The molecule has 5 nitrogen and oxygen atoms in total. The van der Waals surface area contributed by atoms with Gasteiger partial charge in [-0.3, -0.25) is 9.89 Å². The Morgan fingerprint density at radius 1 is 1.44 bits per heavy atom. The maximum atomic E-state index is 13.5. The molecule has 0 atom stereocenters. The third-order valence-corrected chi connectivity index (χ3v) is 2.36. The molecule has 2 aromatic rings. The lowest BCUT2D eigenvalue weighted by Gasteiger charge is -2.07. The van der Waals surface area contributed by atoms with Gasteiger partial charge < -0.3 is 11.1 Å². The van der Waals surface area contributed by atoms with Gasteiger partial charge in [0.15, 0.2) is 5.82 Å². The maximum absolute atomic E-state index is 13.5. The Morgan fingerprint density at radius 3 is 2.89 bits per heavy atom. The first kappa shape index (κ1) is 12.0. The van der Waals surface area contributed by atoms with E-state index in [0.717, 1.165) is 12.1 Å². The highest BCUT2D eigenvalue weighted by Crippen LogP contribution is 2.18. The van der Waals surface area contributed by atoms with Crippen LogP contribution in [0.5, 0.6) is 0 Å². The SMILES string of the molecule is Nc1ccc(F)c(C(=O)NCc2cn[nH]c2)c1F. The summed E-state index contributed by atoms with van der Waals surface area (Å²) in [5.74, 6) is -2.87. The fraction of sp³-hybridized carbons (Fsp3) is 0.0909. The van der Waals surface area contributed by atoms with Crippen LogP contribution in [0, 0.1) is 11.6 Å². The monoisotopic (exact) mass is 252 g/mol. The van der Waals surface area contributed by atoms with Gasteiger partial charge in [-0.2, -0.15) is 5.10 Å². The minimum Gasteiger partial charge on any atom is -0.396 e. The normalized spacial score (nSPS) is 10.3. The van der Waals surface area contributed by atoms with Crippen LogP contribution < -0.4 is 11.1 Å². The number of amides is 1. The van der Waals surface area contributed by atoms with Crippen molar-refractivity contribution in [2.45, 2.75) is 6.54 Å². The van der Waals surface area contributed by atoms with E-state index in [4.69, 9.17) is 5.73 Å². The van der Waals surface area contributed by atoms with Crippen molar-refractivity contribution in [3.8, 4) is 0 Å². The average molecular weight is 252 g/mol. The van der Waals surface area contributed by atoms with Crippen LogP contribution >= 0.6 is 0 Å². The first-order chi connectivity index (χ1) is 8.59. The van der Waals surface area contributed by atoms with E-state index in [1.165, 1.54) is 6.20 Å². The number of aromatic nitrogens is 2. The van der Waals surface area contributed by atoms with Crippen LogP contribution in [0.4, 0.5) is 14.5 Å². The summed E-state index contributed by atoms with van der Waals surface area (Å²) in [7, 11) is 0. The van der Waals surface area contributed by atoms with Crippen LogP contribution in [0.1, 0.15) is 15.9 Å². The molecular weight excluding hydrogens is 242 g/mol. The molecule has 0 aliphatic heterocycles. The molecule has 1 aromatic heterocycles. The lowest BCUT2D eigenvalue weighted by atomic mass is 10.1. The first-order valence-corrected chi connectivity index (χ1v) is 5.09. The molecule has 0 aliphatic carbocycles. The van der Waals surface area contributed by atoms with Gasteiger partial charge >= 0.3 is 0 Å². The van der Waals surface area contributed by atoms with Crippen molar-refractivity contribution in [3.05, 3.63) is 47.3 Å². The summed E-state index contributed by atoms with van der Waals surface area (Å²) >= 11 is 0. The molecule has 1 aromatic carbocycles. The molecule has 1 amide bonds. The molecule has 0 aliphatic rings. The van der Waals surface area contributed by atoms with E-state index in [-0.39, 0.29) is 12.2 Å². The van der Waals surface area contributed by atoms with Crippen molar-refractivity contribution in [1.29, 1.82) is 0 Å². The standard InChI is InChI=1S/C11H10F2N4O/c12-7-1-2-8(14)10(13)9(7)11(18)15-3-6-4-16-17-5-6/h1-2,4-5H,3,14H2,(H,15,18)(H,16,17). The van der Waals surface area contributed by atoms with Crippen molar-refractivity contribution < 1.29 is 13.6 Å². The maximum Gasteiger partial charge on any atom is 0.257 e. The molecule has 2 rings (SSSR count). The lowest BCUT2D eigenvalue weighted by molar-refractivity contribution is 0.0942. The zero-order chi connectivity index (χ0) is 13.1. The fourth-order valence-electron chi connectivity index (χ4n) is 1.42. The number of H-pyrrole nitrogens is 1. The minimum absolute atomic E-state index is 0.114. The van der Waals surface area contributed by atoms with Gasteiger partial charge in [-0.05, 0) is 12.1 Å². The molecule has 0 saturated heterocycles. The molecular formula is C11H10F2N4O. The highest BCUT2D eigenvalue weighted by atomic mass is 19.1. The highest BCUT2D eigenvalue weighted by molar-refractivity contribution is 5.95. The third kappa shape index (κ3) is 2.29. The number of nitrogens with zero attached hydrogens (tertiary/aromatic N) is 1. The largest absolute Gasteiger partial charge is 0.396 e. The molecule has 0 radical (unpaired) electrons. The number of nitrogen functional groups attached to an aromatic ring is 1. The second-order valence-corrected chi connectivity index (χ2v) is 3.61. The quantitative estimate of drug-likeness (QED) is 0.718. The number of anilines is 1. The molecule has 0 unspecified atom stereocenters. The molecule has 1 heterocycles. The van der Waals surface area contributed by atoms with Gasteiger partial charge in [0.1, 0.15) is 11.4 Å². The Hall–Kier alpha value is -2.44. The summed E-state index contributed by atoms with van der Waals surface area (Å²) in [6.45, 7) is 0.114. The molecule has 18 heavy (non-hydrogen) atoms. The van der Waals surface area contributed by atoms with Crippen molar-refractivity contribution in [3.63, 3.8) is 0 Å². The number of hydrogen-bond donors (Lipinski definition) is 3. The van der Waals surface area contributed by atoms with Crippen molar-refractivity contribution in [1.82, 2.24) is 15.5 Å². The number of carbonyl (C=O) groups is 1. The van der Waals surface area contributed by atoms with Crippen molar-refractivity contribution in [2.75, 3.05) is 5.73 Å². The van der Waals surface area contributed by atoms with Crippen LogP contribution in [0.25, 0.3) is 0 Å². The van der Waals surface area contributed by atoms with Crippen LogP contribution in [0.15, 0.2) is 24.5 Å². The van der Waals surface area contributed by atoms with Crippen LogP contribution in [0.2, 0.25) is 0 Å². The summed E-state index contributed by atoms with van der Waals surface area (Å²) in [6, 6.07) is 2.02. The van der Waals surface area contributed by atoms with E-state index >= 15 is 0 Å². The molecule has 94 valence electrons. The second kappa shape index (κ2) is 4.82. The molecule has 4 N–H and O–H groups in total. The van der Waals surface area contributed by atoms with Gasteiger partial charge in [0.25, 0.3) is 5.91 Å². The van der Waals surface area contributed by atoms with Crippen LogP contribution in [-0.4, -0.2) is 16.1 Å². The van der Waals surface area contributed by atoms with E-state index in [9.17, 15) is 13.6 Å². The predicted molar refractivity (Wildman–Crippen MR) is 60.5 cm³/mol. The zero-order valence-electron chi connectivity index (χ0n) is 9.21. The van der Waals surface area contributed by atoms with Gasteiger partial charge in [-0.25, -0.2) is 8.78 Å². The molecule has 0 fully saturated rings. The average Bonchev–Trinajstić information content (AvgIpc) is 2.85. The van der Waals surface area contributed by atoms with Gasteiger partial charge in [-0.15, -0.1) is 0 Å². The Balaban J connectivity index is 2.16. The summed E-state index contributed by atoms with van der Waals surface area (Å²) in [5, 5.41) is 8.61. The van der Waals surface area contributed by atoms with Gasteiger partial charge in [0.2, 0.25) is 0 Å².